The molecule has 0 radical (unpaired) electrons. The normalized spacial score (nSPS) is 8.50. The van der Waals surface area contributed by atoms with Crippen LogP contribution in [0.1, 0.15) is 0 Å². The molecule has 0 saturated heterocycles. The molecule has 1 aromatic rings. The maximum absolute atomic E-state index is 7.05. The Labute approximate surface area is 47.3 Å². The third-order valence-electron chi connectivity index (χ3n) is 0.773. The van der Waals surface area contributed by atoms with Crippen LogP contribution in [0.5, 0.6) is 0 Å². The Morgan fingerprint density at radius 1 is 1.38 bits per heavy atom. The number of nitrogens with zero attached hydrogens (tertiary/aromatic N) is 1. The maximum Gasteiger partial charge on any atom is 0.0722 e. The highest BCUT2D eigenvalue weighted by molar-refractivity contribution is 4.89. The maximum atomic E-state index is 7.05. The molecule has 0 atom stereocenters. The molecule has 0 fully saturated rings. The topological polar surface area (TPSA) is 36.7 Å². The van der Waals surface area contributed by atoms with E-state index in [1.54, 1.807) is 24.4 Å². The van der Waals surface area contributed by atoms with Gasteiger partial charge in [-0.1, -0.05) is 6.07 Å². The van der Waals surface area contributed by atoms with E-state index in [2.05, 4.69) is 4.98 Å². The van der Waals surface area contributed by atoms with Crippen LogP contribution in [-0.2, 0) is 0 Å². The van der Waals surface area contributed by atoms with E-state index in [9.17, 15) is 0 Å². The Morgan fingerprint density at radius 3 is 3.12 bits per heavy atom. The SMILES string of the molecule is N=c1ccccnc1. The van der Waals surface area contributed by atoms with E-state index in [0.717, 1.165) is 0 Å². The molecule has 0 aliphatic rings. The van der Waals surface area contributed by atoms with Crippen molar-refractivity contribution < 1.29 is 0 Å². The monoisotopic (exact) mass is 106 g/mol. The van der Waals surface area contributed by atoms with Gasteiger partial charge in [0.2, 0.25) is 0 Å². The fraction of sp³-hybridized carbons (Fsp3) is 0. The first-order chi connectivity index (χ1) is 3.89. The third kappa shape index (κ3) is 1.15. The summed E-state index contributed by atoms with van der Waals surface area (Å²) in [4.78, 5) is 3.76. The van der Waals surface area contributed by atoms with Gasteiger partial charge in [-0.3, -0.25) is 10.4 Å². The lowest BCUT2D eigenvalue weighted by Gasteiger charge is -1.60. The largest absolute Gasteiger partial charge is 0.299 e. The zero-order valence-corrected chi connectivity index (χ0v) is 4.33. The zero-order chi connectivity index (χ0) is 5.82. The van der Waals surface area contributed by atoms with Crippen LogP contribution in [0.3, 0.4) is 0 Å². The van der Waals surface area contributed by atoms with Gasteiger partial charge in [0.25, 0.3) is 0 Å². The summed E-state index contributed by atoms with van der Waals surface area (Å²) >= 11 is 0. The summed E-state index contributed by atoms with van der Waals surface area (Å²) in [6, 6.07) is 5.26. The summed E-state index contributed by atoms with van der Waals surface area (Å²) in [5, 5.41) is 7.49. The van der Waals surface area contributed by atoms with Crippen molar-refractivity contribution in [2.45, 2.75) is 0 Å². The van der Waals surface area contributed by atoms with Crippen LogP contribution < -0.4 is 5.36 Å². The summed E-state index contributed by atoms with van der Waals surface area (Å²) in [7, 11) is 0. The molecule has 0 aliphatic heterocycles. The number of aromatic nitrogens is 1. The molecule has 0 spiro atoms. The van der Waals surface area contributed by atoms with Crippen molar-refractivity contribution in [2.75, 3.05) is 0 Å². The van der Waals surface area contributed by atoms with Crippen LogP contribution in [0.2, 0.25) is 0 Å². The van der Waals surface area contributed by atoms with Gasteiger partial charge in [-0.05, 0) is 12.1 Å². The van der Waals surface area contributed by atoms with Crippen LogP contribution in [-0.4, -0.2) is 4.98 Å². The van der Waals surface area contributed by atoms with Crippen molar-refractivity contribution in [1.29, 1.82) is 5.41 Å². The highest BCUT2D eigenvalue weighted by Crippen LogP contribution is 1.68. The van der Waals surface area contributed by atoms with Gasteiger partial charge < -0.3 is 0 Å². The molecule has 0 unspecified atom stereocenters. The van der Waals surface area contributed by atoms with E-state index in [4.69, 9.17) is 5.41 Å². The molecule has 0 aromatic carbocycles. The van der Waals surface area contributed by atoms with Crippen molar-refractivity contribution in [3.05, 3.63) is 36.0 Å². The molecule has 8 heavy (non-hydrogen) atoms. The molecular weight excluding hydrogens is 100 g/mol. The van der Waals surface area contributed by atoms with Gasteiger partial charge in [0.15, 0.2) is 0 Å². The molecule has 1 aromatic heterocycles. The summed E-state index contributed by atoms with van der Waals surface area (Å²) in [5.74, 6) is 0. The molecule has 0 aliphatic carbocycles. The van der Waals surface area contributed by atoms with Crippen LogP contribution in [0, 0.1) is 5.41 Å². The summed E-state index contributed by atoms with van der Waals surface area (Å²) < 4.78 is 0. The van der Waals surface area contributed by atoms with E-state index in [1.165, 1.54) is 6.20 Å². The Balaban J connectivity index is 3.32. The predicted octanol–water partition coefficient (Wildman–Crippen LogP) is 0.561. The highest BCUT2D eigenvalue weighted by atomic mass is 14.6. The summed E-state index contributed by atoms with van der Waals surface area (Å²) in [6.45, 7) is 0. The van der Waals surface area contributed by atoms with Crippen LogP contribution in [0.15, 0.2) is 30.6 Å². The molecule has 1 heterocycles. The highest BCUT2D eigenvalue weighted by Gasteiger charge is 1.66. The van der Waals surface area contributed by atoms with Crippen molar-refractivity contribution in [3.8, 4) is 0 Å². The Kier molecular flexibility index (Phi) is 1.37. The van der Waals surface area contributed by atoms with Gasteiger partial charge in [-0.15, -0.1) is 0 Å². The first-order valence-electron chi connectivity index (χ1n) is 2.34. The lowest BCUT2D eigenvalue weighted by molar-refractivity contribution is 1.22. The molecule has 2 heteroatoms. The lowest BCUT2D eigenvalue weighted by Crippen LogP contribution is -1.90. The summed E-state index contributed by atoms with van der Waals surface area (Å²) in [5.41, 5.74) is 0. The minimum absolute atomic E-state index is 0.440. The molecule has 0 bridgehead atoms. The predicted molar refractivity (Wildman–Crippen MR) is 30.1 cm³/mol. The average molecular weight is 106 g/mol. The minimum atomic E-state index is 0.440. The van der Waals surface area contributed by atoms with E-state index in [1.807, 2.05) is 0 Å². The van der Waals surface area contributed by atoms with Crippen LogP contribution >= 0.6 is 0 Å². The van der Waals surface area contributed by atoms with Gasteiger partial charge in [-0.25, -0.2) is 0 Å². The number of hydrogen-bond donors (Lipinski definition) is 1. The Bertz CT molecular complexity index is 197. The third-order valence-corrected chi connectivity index (χ3v) is 0.773. The molecular formula is C6H6N2. The van der Waals surface area contributed by atoms with E-state index in [-0.39, 0.29) is 0 Å². The van der Waals surface area contributed by atoms with Crippen molar-refractivity contribution >= 4 is 0 Å². The van der Waals surface area contributed by atoms with Crippen molar-refractivity contribution in [1.82, 2.24) is 4.98 Å². The first-order valence-corrected chi connectivity index (χ1v) is 2.34. The zero-order valence-electron chi connectivity index (χ0n) is 4.33. The fourth-order valence-corrected chi connectivity index (χ4v) is 0.425. The fourth-order valence-electron chi connectivity index (χ4n) is 0.425. The first kappa shape index (κ1) is 4.97. The second-order valence-corrected chi connectivity index (χ2v) is 1.43. The van der Waals surface area contributed by atoms with E-state index < -0.39 is 0 Å². The summed E-state index contributed by atoms with van der Waals surface area (Å²) in [6.07, 6.45) is 3.15. The van der Waals surface area contributed by atoms with Gasteiger partial charge >= 0.3 is 0 Å². The lowest BCUT2D eigenvalue weighted by atomic mass is 10.5. The second kappa shape index (κ2) is 2.21. The van der Waals surface area contributed by atoms with Crippen LogP contribution in [0.25, 0.3) is 0 Å². The van der Waals surface area contributed by atoms with Crippen molar-refractivity contribution in [2.24, 2.45) is 0 Å². The molecule has 0 amide bonds. The smallest absolute Gasteiger partial charge is 0.0722 e. The van der Waals surface area contributed by atoms with Crippen LogP contribution in [0.4, 0.5) is 0 Å². The van der Waals surface area contributed by atoms with E-state index in [0.29, 0.717) is 5.36 Å². The molecule has 1 rings (SSSR count). The quantitative estimate of drug-likeness (QED) is 0.515. The number of rotatable bonds is 0. The average Bonchev–Trinajstić information content (AvgIpc) is 1.94. The number of nitrogens with one attached hydrogen (secondary N) is 1. The number of hydrogen-bond acceptors (Lipinski definition) is 2. The Morgan fingerprint density at radius 2 is 2.25 bits per heavy atom. The Hall–Kier alpha value is -1.18. The molecule has 0 saturated carbocycles. The van der Waals surface area contributed by atoms with Gasteiger partial charge in [0.1, 0.15) is 0 Å². The molecule has 2 nitrogen and oxygen atoms in total. The van der Waals surface area contributed by atoms with Crippen molar-refractivity contribution in [3.63, 3.8) is 0 Å². The second-order valence-electron chi connectivity index (χ2n) is 1.43. The standard InChI is InChI=1S/C6H6N2/c7-6-3-1-2-4-8-5-6/h1-5,7H. The van der Waals surface area contributed by atoms with Gasteiger partial charge in [0.05, 0.1) is 11.6 Å². The molecule has 1 N–H and O–H groups in total. The van der Waals surface area contributed by atoms with Gasteiger partial charge in [-0.2, -0.15) is 0 Å². The van der Waals surface area contributed by atoms with E-state index >= 15 is 0 Å². The molecule has 40 valence electrons. The minimum Gasteiger partial charge on any atom is -0.299 e. The van der Waals surface area contributed by atoms with Gasteiger partial charge in [0, 0.05) is 6.20 Å².